The molecular formula is C19H14F4N2O2S. The highest BCUT2D eigenvalue weighted by Gasteiger charge is 2.31. The lowest BCUT2D eigenvalue weighted by atomic mass is 10.00. The van der Waals surface area contributed by atoms with Crippen LogP contribution in [-0.4, -0.2) is 30.8 Å². The van der Waals surface area contributed by atoms with E-state index in [1.165, 1.54) is 12.1 Å². The molecule has 9 heteroatoms. The molecule has 146 valence electrons. The first kappa shape index (κ1) is 18.7. The van der Waals surface area contributed by atoms with Crippen LogP contribution in [0.3, 0.4) is 0 Å². The first-order chi connectivity index (χ1) is 13.3. The van der Waals surface area contributed by atoms with Crippen molar-refractivity contribution < 1.29 is 26.0 Å². The van der Waals surface area contributed by atoms with Crippen LogP contribution in [0.15, 0.2) is 47.5 Å². The van der Waals surface area contributed by atoms with Crippen LogP contribution in [0.5, 0.6) is 0 Å². The predicted molar refractivity (Wildman–Crippen MR) is 95.9 cm³/mol. The Morgan fingerprint density at radius 1 is 1.00 bits per heavy atom. The van der Waals surface area contributed by atoms with Gasteiger partial charge in [-0.25, -0.2) is 26.0 Å². The third-order valence-electron chi connectivity index (χ3n) is 4.78. The van der Waals surface area contributed by atoms with Crippen molar-refractivity contribution in [2.75, 3.05) is 13.1 Å². The maximum absolute atomic E-state index is 13.9. The van der Waals surface area contributed by atoms with Crippen molar-refractivity contribution in [2.24, 2.45) is 0 Å². The molecule has 1 aliphatic heterocycles. The summed E-state index contributed by atoms with van der Waals surface area (Å²) >= 11 is 0. The molecule has 0 amide bonds. The second-order valence-corrected chi connectivity index (χ2v) is 8.31. The van der Waals surface area contributed by atoms with Gasteiger partial charge >= 0.3 is 0 Å². The van der Waals surface area contributed by atoms with E-state index in [2.05, 4.69) is 4.98 Å². The van der Waals surface area contributed by atoms with Crippen molar-refractivity contribution in [1.29, 1.82) is 0 Å². The van der Waals surface area contributed by atoms with E-state index >= 15 is 0 Å². The Bertz CT molecular complexity index is 1220. The Morgan fingerprint density at radius 3 is 2.50 bits per heavy atom. The first-order valence-corrected chi connectivity index (χ1v) is 9.83. The van der Waals surface area contributed by atoms with Crippen molar-refractivity contribution in [3.8, 4) is 0 Å². The third kappa shape index (κ3) is 3.00. The molecule has 1 aromatic heterocycles. The minimum absolute atomic E-state index is 0.0421. The van der Waals surface area contributed by atoms with Crippen LogP contribution in [0.25, 0.3) is 16.5 Å². The van der Waals surface area contributed by atoms with Crippen molar-refractivity contribution in [3.05, 3.63) is 71.4 Å². The van der Waals surface area contributed by atoms with Gasteiger partial charge in [0.25, 0.3) is 0 Å². The monoisotopic (exact) mass is 410 g/mol. The van der Waals surface area contributed by atoms with Gasteiger partial charge in [-0.1, -0.05) is 6.08 Å². The normalized spacial score (nSPS) is 15.8. The molecule has 0 spiro atoms. The van der Waals surface area contributed by atoms with Crippen LogP contribution in [-0.2, 0) is 10.0 Å². The average Bonchev–Trinajstić information content (AvgIpc) is 3.09. The molecule has 3 aromatic rings. The number of rotatable bonds is 3. The van der Waals surface area contributed by atoms with Crippen LogP contribution in [0.2, 0.25) is 0 Å². The summed E-state index contributed by atoms with van der Waals surface area (Å²) in [4.78, 5) is 2.08. The fourth-order valence-electron chi connectivity index (χ4n) is 3.32. The third-order valence-corrected chi connectivity index (χ3v) is 6.66. The van der Waals surface area contributed by atoms with E-state index in [-0.39, 0.29) is 18.9 Å². The van der Waals surface area contributed by atoms with Gasteiger partial charge in [-0.3, -0.25) is 0 Å². The largest absolute Gasteiger partial charge is 0.360 e. The minimum atomic E-state index is -4.32. The van der Waals surface area contributed by atoms with Gasteiger partial charge in [-0.05, 0) is 42.3 Å². The molecule has 0 bridgehead atoms. The number of halogens is 4. The molecule has 2 aromatic carbocycles. The Morgan fingerprint density at radius 2 is 1.79 bits per heavy atom. The topological polar surface area (TPSA) is 53.2 Å². The van der Waals surface area contributed by atoms with Gasteiger partial charge in [-0.2, -0.15) is 4.31 Å². The first-order valence-electron chi connectivity index (χ1n) is 8.38. The van der Waals surface area contributed by atoms with Gasteiger partial charge in [0, 0.05) is 35.8 Å². The maximum atomic E-state index is 13.9. The van der Waals surface area contributed by atoms with Crippen molar-refractivity contribution in [2.45, 2.75) is 11.3 Å². The zero-order valence-electron chi connectivity index (χ0n) is 14.3. The van der Waals surface area contributed by atoms with E-state index in [1.807, 2.05) is 0 Å². The van der Waals surface area contributed by atoms with Gasteiger partial charge in [-0.15, -0.1) is 0 Å². The highest BCUT2D eigenvalue weighted by molar-refractivity contribution is 7.89. The molecule has 4 nitrogen and oxygen atoms in total. The number of nitrogens with zero attached hydrogens (tertiary/aromatic N) is 1. The Hall–Kier alpha value is -2.65. The van der Waals surface area contributed by atoms with E-state index in [0.717, 1.165) is 26.9 Å². The summed E-state index contributed by atoms with van der Waals surface area (Å²) in [5.41, 5.74) is 2.30. The van der Waals surface area contributed by atoms with E-state index in [4.69, 9.17) is 0 Å². The lowest BCUT2D eigenvalue weighted by Gasteiger charge is -2.26. The summed E-state index contributed by atoms with van der Waals surface area (Å²) in [6.45, 7) is -0.00948. The minimum Gasteiger partial charge on any atom is -0.360 e. The molecule has 0 atom stereocenters. The van der Waals surface area contributed by atoms with E-state index in [0.29, 0.717) is 18.0 Å². The number of sulfonamides is 1. The Balaban J connectivity index is 1.64. The van der Waals surface area contributed by atoms with Gasteiger partial charge in [0.15, 0.2) is 17.5 Å². The molecular weight excluding hydrogens is 396 g/mol. The van der Waals surface area contributed by atoms with Gasteiger partial charge in [0.05, 0.1) is 0 Å². The molecule has 4 rings (SSSR count). The highest BCUT2D eigenvalue weighted by atomic mass is 32.2. The molecule has 0 fully saturated rings. The Labute approximate surface area is 158 Å². The van der Waals surface area contributed by atoms with Crippen LogP contribution in [0.1, 0.15) is 12.0 Å². The Kier molecular flexibility index (Phi) is 4.51. The van der Waals surface area contributed by atoms with Crippen LogP contribution in [0.4, 0.5) is 17.6 Å². The molecule has 1 aliphatic rings. The molecule has 0 radical (unpaired) electrons. The number of nitrogens with one attached hydrogen (secondary N) is 1. The van der Waals surface area contributed by atoms with Crippen LogP contribution < -0.4 is 0 Å². The van der Waals surface area contributed by atoms with Gasteiger partial charge in [0.2, 0.25) is 10.0 Å². The highest BCUT2D eigenvalue weighted by Crippen LogP contribution is 2.32. The summed E-state index contributed by atoms with van der Waals surface area (Å²) in [7, 11) is -4.32. The number of aromatic nitrogens is 1. The second kappa shape index (κ2) is 6.75. The fourth-order valence-corrected chi connectivity index (χ4v) is 4.76. The lowest BCUT2D eigenvalue weighted by Crippen LogP contribution is -2.35. The zero-order valence-corrected chi connectivity index (χ0v) is 15.2. The van der Waals surface area contributed by atoms with Crippen LogP contribution in [0, 0.1) is 23.3 Å². The maximum Gasteiger partial charge on any atom is 0.246 e. The van der Waals surface area contributed by atoms with Crippen LogP contribution >= 0.6 is 0 Å². The number of H-pyrrole nitrogens is 1. The summed E-state index contributed by atoms with van der Waals surface area (Å²) in [5.74, 6) is -5.37. The summed E-state index contributed by atoms with van der Waals surface area (Å²) in [6, 6.07) is 5.64. The number of benzene rings is 2. The predicted octanol–water partition coefficient (Wildman–Crippen LogP) is 4.20. The molecule has 28 heavy (non-hydrogen) atoms. The standard InChI is InChI=1S/C19H14F4N2O2S/c20-12-1-2-13-14(10-24-16(13)9-12)11-5-7-25(8-6-11)28(26,27)17-4-3-15(21)18(22)19(17)23/h1-5,9-10,24H,6-8H2. The number of hydrogen-bond acceptors (Lipinski definition) is 2. The number of fused-ring (bicyclic) bond motifs is 1. The van der Waals surface area contributed by atoms with Crippen molar-refractivity contribution in [3.63, 3.8) is 0 Å². The second-order valence-electron chi connectivity index (χ2n) is 6.41. The lowest BCUT2D eigenvalue weighted by molar-refractivity contribution is 0.414. The average molecular weight is 410 g/mol. The SMILES string of the molecule is O=S(=O)(c1ccc(F)c(F)c1F)N1CC=C(c2c[nH]c3cc(F)ccc23)CC1. The summed E-state index contributed by atoms with van der Waals surface area (Å²) in [6.07, 6.45) is 3.72. The van der Waals surface area contributed by atoms with Gasteiger partial charge in [0.1, 0.15) is 10.7 Å². The molecule has 0 saturated carbocycles. The molecule has 0 aliphatic carbocycles. The molecule has 0 unspecified atom stereocenters. The molecule has 1 N–H and O–H groups in total. The smallest absolute Gasteiger partial charge is 0.246 e. The fraction of sp³-hybridized carbons (Fsp3) is 0.158. The van der Waals surface area contributed by atoms with E-state index in [1.54, 1.807) is 18.3 Å². The summed E-state index contributed by atoms with van der Waals surface area (Å²) < 4.78 is 80.1. The zero-order chi connectivity index (χ0) is 20.1. The summed E-state index contributed by atoms with van der Waals surface area (Å²) in [5, 5.41) is 0.801. The quantitative estimate of drug-likeness (QED) is 0.520. The molecule has 0 saturated heterocycles. The molecule has 2 heterocycles. The van der Waals surface area contributed by atoms with Gasteiger partial charge < -0.3 is 4.98 Å². The van der Waals surface area contributed by atoms with E-state index in [9.17, 15) is 26.0 Å². The number of hydrogen-bond donors (Lipinski definition) is 1. The number of aromatic amines is 1. The van der Waals surface area contributed by atoms with E-state index < -0.39 is 32.4 Å². The van der Waals surface area contributed by atoms with Crippen molar-refractivity contribution >= 4 is 26.5 Å². The van der Waals surface area contributed by atoms with Crippen molar-refractivity contribution in [1.82, 2.24) is 9.29 Å².